The van der Waals surface area contributed by atoms with Gasteiger partial charge in [-0.15, -0.1) is 0 Å². The molecule has 0 amide bonds. The number of aromatic nitrogens is 1. The molecule has 0 aliphatic carbocycles. The Balaban J connectivity index is 1.61. The number of halogens is 3. The first kappa shape index (κ1) is 27.5. The average molecular weight is 573 g/mol. The van der Waals surface area contributed by atoms with Gasteiger partial charge in [-0.25, -0.2) is 17.2 Å². The van der Waals surface area contributed by atoms with Gasteiger partial charge in [-0.3, -0.25) is 4.79 Å². The zero-order valence-electron chi connectivity index (χ0n) is 21.0. The zero-order valence-corrected chi connectivity index (χ0v) is 22.6. The van der Waals surface area contributed by atoms with E-state index in [0.717, 1.165) is 12.3 Å². The van der Waals surface area contributed by atoms with Crippen molar-refractivity contribution in [2.45, 2.75) is 41.7 Å². The van der Waals surface area contributed by atoms with Gasteiger partial charge in [0.05, 0.1) is 10.5 Å². The normalized spacial score (nSPS) is 20.7. The molecule has 39 heavy (non-hydrogen) atoms. The number of aromatic amines is 1. The van der Waals surface area contributed by atoms with Crippen molar-refractivity contribution < 1.29 is 22.3 Å². The molecule has 0 radical (unpaired) electrons. The lowest BCUT2D eigenvalue weighted by Crippen LogP contribution is -2.52. The second-order valence-electron chi connectivity index (χ2n) is 10.2. The number of pyridine rings is 1. The van der Waals surface area contributed by atoms with Crippen LogP contribution in [0.3, 0.4) is 0 Å². The fraction of sp³-hybridized carbons (Fsp3) is 0.276. The molecule has 1 aliphatic heterocycles. The summed E-state index contributed by atoms with van der Waals surface area (Å²) in [5.41, 5.74) is -0.217. The van der Waals surface area contributed by atoms with Crippen LogP contribution in [-0.2, 0) is 16.3 Å². The van der Waals surface area contributed by atoms with Crippen molar-refractivity contribution in [2.75, 3.05) is 12.8 Å². The molecule has 3 atom stereocenters. The second kappa shape index (κ2) is 10.5. The number of benzene rings is 3. The van der Waals surface area contributed by atoms with E-state index in [0.29, 0.717) is 33.6 Å². The van der Waals surface area contributed by atoms with Gasteiger partial charge in [0, 0.05) is 40.4 Å². The third-order valence-corrected chi connectivity index (χ3v) is 8.72. The number of H-pyrrole nitrogens is 1. The molecular formula is C29H27ClF2N2O4S. The van der Waals surface area contributed by atoms with Crippen molar-refractivity contribution in [1.82, 2.24) is 10.3 Å². The number of rotatable bonds is 6. The molecule has 204 valence electrons. The van der Waals surface area contributed by atoms with Crippen LogP contribution >= 0.6 is 11.6 Å². The van der Waals surface area contributed by atoms with Gasteiger partial charge in [0.2, 0.25) is 0 Å². The lowest BCUT2D eigenvalue weighted by molar-refractivity contribution is -0.0189. The number of aliphatic hydroxyl groups is 1. The topological polar surface area (TPSA) is 99.3 Å². The minimum atomic E-state index is -3.49. The fourth-order valence-electron chi connectivity index (χ4n) is 5.56. The smallest absolute Gasteiger partial charge is 0.252 e. The lowest BCUT2D eigenvalue weighted by Gasteiger charge is -2.43. The van der Waals surface area contributed by atoms with Gasteiger partial charge in [0.1, 0.15) is 11.6 Å². The summed E-state index contributed by atoms with van der Waals surface area (Å²) in [6, 6.07) is 16.0. The van der Waals surface area contributed by atoms with Gasteiger partial charge in [-0.05, 0) is 84.8 Å². The summed E-state index contributed by atoms with van der Waals surface area (Å²) in [5.74, 6) is -2.15. The summed E-state index contributed by atoms with van der Waals surface area (Å²) in [4.78, 5) is 16.4. The molecule has 2 heterocycles. The molecule has 1 saturated heterocycles. The predicted octanol–water partition coefficient (Wildman–Crippen LogP) is 4.72. The Morgan fingerprint density at radius 2 is 1.90 bits per heavy atom. The van der Waals surface area contributed by atoms with Crippen LogP contribution < -0.4 is 10.9 Å². The van der Waals surface area contributed by atoms with Crippen LogP contribution in [0.5, 0.6) is 0 Å². The van der Waals surface area contributed by atoms with Gasteiger partial charge in [0.15, 0.2) is 9.84 Å². The molecule has 0 spiro atoms. The third kappa shape index (κ3) is 5.77. The summed E-state index contributed by atoms with van der Waals surface area (Å²) in [6.45, 7) is 0.394. The third-order valence-electron chi connectivity index (χ3n) is 7.38. The number of piperidine rings is 1. The Morgan fingerprint density at radius 1 is 1.10 bits per heavy atom. The summed E-state index contributed by atoms with van der Waals surface area (Å²) < 4.78 is 52.2. The first-order chi connectivity index (χ1) is 18.4. The number of fused-ring (bicyclic) bond motifs is 1. The molecule has 1 aliphatic rings. The van der Waals surface area contributed by atoms with E-state index in [-0.39, 0.29) is 35.8 Å². The Hall–Kier alpha value is -3.11. The van der Waals surface area contributed by atoms with Crippen LogP contribution in [-0.4, -0.2) is 43.0 Å². The molecule has 0 bridgehead atoms. The van der Waals surface area contributed by atoms with Crippen molar-refractivity contribution in [1.29, 1.82) is 0 Å². The molecule has 3 aromatic carbocycles. The van der Waals surface area contributed by atoms with E-state index < -0.39 is 38.5 Å². The van der Waals surface area contributed by atoms with Crippen LogP contribution in [0.2, 0.25) is 5.02 Å². The number of hydrogen-bond donors (Lipinski definition) is 3. The van der Waals surface area contributed by atoms with E-state index in [1.165, 1.54) is 30.3 Å². The zero-order chi connectivity index (χ0) is 27.9. The minimum absolute atomic E-state index is 0.106. The number of nitrogens with one attached hydrogen (secondary N) is 2. The highest BCUT2D eigenvalue weighted by atomic mass is 35.5. The van der Waals surface area contributed by atoms with Gasteiger partial charge in [-0.1, -0.05) is 29.8 Å². The molecule has 0 saturated carbocycles. The van der Waals surface area contributed by atoms with Crippen molar-refractivity contribution in [3.8, 4) is 0 Å². The van der Waals surface area contributed by atoms with E-state index in [4.69, 9.17) is 11.6 Å². The lowest BCUT2D eigenvalue weighted by atomic mass is 9.70. The van der Waals surface area contributed by atoms with E-state index in [2.05, 4.69) is 10.3 Å². The van der Waals surface area contributed by atoms with E-state index in [1.807, 2.05) is 0 Å². The minimum Gasteiger partial charge on any atom is -0.389 e. The molecule has 1 fully saturated rings. The largest absolute Gasteiger partial charge is 0.389 e. The second-order valence-corrected chi connectivity index (χ2v) is 12.7. The number of hydrogen-bond acceptors (Lipinski definition) is 5. The molecule has 3 N–H and O–H groups in total. The van der Waals surface area contributed by atoms with E-state index in [9.17, 15) is 27.1 Å². The van der Waals surface area contributed by atoms with Crippen LogP contribution in [0.15, 0.2) is 76.4 Å². The van der Waals surface area contributed by atoms with Crippen molar-refractivity contribution in [3.05, 3.63) is 110 Å². The SMILES string of the molecule is CS(=O)(=O)c1ccc2[nH]c(=O)c(C(c3cccc(Cl)c3)C3(O)CCNC(Cc4ccc(F)cc4F)C3)cc2c1. The Morgan fingerprint density at radius 3 is 2.62 bits per heavy atom. The Bertz CT molecular complexity index is 1730. The van der Waals surface area contributed by atoms with Crippen LogP contribution in [0.4, 0.5) is 8.78 Å². The molecule has 6 nitrogen and oxygen atoms in total. The quantitative estimate of drug-likeness (QED) is 0.310. The highest BCUT2D eigenvalue weighted by Crippen LogP contribution is 2.42. The van der Waals surface area contributed by atoms with Crippen LogP contribution in [0.25, 0.3) is 10.9 Å². The maximum Gasteiger partial charge on any atom is 0.252 e. The maximum atomic E-state index is 14.4. The maximum absolute atomic E-state index is 14.4. The first-order valence-electron chi connectivity index (χ1n) is 12.5. The molecular weight excluding hydrogens is 546 g/mol. The van der Waals surface area contributed by atoms with Crippen molar-refractivity contribution in [2.24, 2.45) is 0 Å². The van der Waals surface area contributed by atoms with Gasteiger partial charge >= 0.3 is 0 Å². The Kier molecular flexibility index (Phi) is 7.37. The molecule has 10 heteroatoms. The van der Waals surface area contributed by atoms with Gasteiger partial charge in [0.25, 0.3) is 5.56 Å². The summed E-state index contributed by atoms with van der Waals surface area (Å²) in [7, 11) is -3.49. The summed E-state index contributed by atoms with van der Waals surface area (Å²) in [6.07, 6.45) is 1.77. The predicted molar refractivity (Wildman–Crippen MR) is 147 cm³/mol. The van der Waals surface area contributed by atoms with Gasteiger partial charge < -0.3 is 15.4 Å². The van der Waals surface area contributed by atoms with Gasteiger partial charge in [-0.2, -0.15) is 0 Å². The molecule has 5 rings (SSSR count). The molecule has 3 unspecified atom stereocenters. The fourth-order valence-corrected chi connectivity index (χ4v) is 6.42. The van der Waals surface area contributed by atoms with Crippen LogP contribution in [0.1, 0.15) is 35.4 Å². The van der Waals surface area contributed by atoms with Crippen molar-refractivity contribution in [3.63, 3.8) is 0 Å². The van der Waals surface area contributed by atoms with Crippen LogP contribution in [0, 0.1) is 11.6 Å². The van der Waals surface area contributed by atoms with E-state index in [1.54, 1.807) is 30.3 Å². The first-order valence-corrected chi connectivity index (χ1v) is 14.7. The van der Waals surface area contributed by atoms with Crippen molar-refractivity contribution >= 4 is 32.3 Å². The summed E-state index contributed by atoms with van der Waals surface area (Å²) in [5, 5.41) is 16.4. The Labute approximate surface area is 229 Å². The monoisotopic (exact) mass is 572 g/mol. The average Bonchev–Trinajstić information content (AvgIpc) is 2.85. The molecule has 4 aromatic rings. The highest BCUT2D eigenvalue weighted by molar-refractivity contribution is 7.90. The highest BCUT2D eigenvalue weighted by Gasteiger charge is 2.44. The van der Waals surface area contributed by atoms with E-state index >= 15 is 0 Å². The number of sulfone groups is 1. The summed E-state index contributed by atoms with van der Waals surface area (Å²) >= 11 is 6.31. The standard InChI is InChI=1S/C29H27ClF2N2O4S/c1-39(37,38)23-7-8-26-19(13-23)14-24(28(35)34-26)27(18-3-2-4-20(30)11-18)29(36)9-10-33-22(16-29)12-17-5-6-21(31)15-25(17)32/h2-8,11,13-15,22,27,33,36H,9-10,12,16H2,1H3,(H,34,35). The molecule has 1 aromatic heterocycles.